The topological polar surface area (TPSA) is 106 Å². The number of hydrogen-bond acceptors (Lipinski definition) is 5. The molecule has 0 spiro atoms. The first-order chi connectivity index (χ1) is 13.8. The molecule has 2 atom stereocenters. The highest BCUT2D eigenvalue weighted by atomic mass is 32.2. The van der Waals surface area contributed by atoms with Gasteiger partial charge in [0.15, 0.2) is 0 Å². The fourth-order valence-electron chi connectivity index (χ4n) is 3.31. The molecule has 1 aliphatic rings. The lowest BCUT2D eigenvalue weighted by atomic mass is 9.72. The van der Waals surface area contributed by atoms with E-state index in [0.29, 0.717) is 16.3 Å². The summed E-state index contributed by atoms with van der Waals surface area (Å²) in [6, 6.07) is 17.5. The van der Waals surface area contributed by atoms with Gasteiger partial charge in [0, 0.05) is 16.5 Å². The Balaban J connectivity index is 1.84. The number of thioether (sulfide) groups is 1. The van der Waals surface area contributed by atoms with Crippen molar-refractivity contribution in [3.63, 3.8) is 0 Å². The molecule has 0 bridgehead atoms. The summed E-state index contributed by atoms with van der Waals surface area (Å²) in [5.41, 5.74) is 0.0750. The standard InChI is InChI=1S/C22H20N4O2S/c1-13(19(27)25-18-10-6-8-14-7-4-5-9-15(14)18)29-21-17(12-24)22(2,3)16(11-23)20(28)26-21/h4-10,13,16H,1-3H3,(H,25,27)(H,26,28)/t13-,16-/m0/s1. The fraction of sp³-hybridized carbons (Fsp3) is 0.273. The lowest BCUT2D eigenvalue weighted by molar-refractivity contribution is -0.125. The highest BCUT2D eigenvalue weighted by Gasteiger charge is 2.45. The summed E-state index contributed by atoms with van der Waals surface area (Å²) in [6.45, 7) is 5.10. The maximum atomic E-state index is 12.8. The van der Waals surface area contributed by atoms with Gasteiger partial charge in [0.25, 0.3) is 0 Å². The number of amides is 2. The first-order valence-electron chi connectivity index (χ1n) is 9.10. The van der Waals surface area contributed by atoms with Gasteiger partial charge in [-0.1, -0.05) is 62.0 Å². The first-order valence-corrected chi connectivity index (χ1v) is 9.98. The van der Waals surface area contributed by atoms with Gasteiger partial charge in [-0.25, -0.2) is 0 Å². The molecule has 146 valence electrons. The SMILES string of the molecule is C[C@H](SC1=C(C#N)C(C)(C)[C@@H](C#N)C(=O)N1)C(=O)Nc1cccc2ccccc12. The van der Waals surface area contributed by atoms with Crippen LogP contribution in [-0.4, -0.2) is 17.1 Å². The number of benzene rings is 2. The average molecular weight is 404 g/mol. The molecule has 6 nitrogen and oxygen atoms in total. The van der Waals surface area contributed by atoms with Crippen molar-refractivity contribution in [1.82, 2.24) is 5.32 Å². The molecule has 0 fully saturated rings. The number of hydrogen-bond donors (Lipinski definition) is 2. The minimum Gasteiger partial charge on any atom is -0.325 e. The number of allylic oxidation sites excluding steroid dienone is 1. The molecule has 0 radical (unpaired) electrons. The average Bonchev–Trinajstić information content (AvgIpc) is 2.68. The van der Waals surface area contributed by atoms with E-state index < -0.39 is 22.5 Å². The molecule has 29 heavy (non-hydrogen) atoms. The van der Waals surface area contributed by atoms with Gasteiger partial charge >= 0.3 is 0 Å². The predicted octanol–water partition coefficient (Wildman–Crippen LogP) is 3.93. The number of carbonyl (C=O) groups excluding carboxylic acids is 2. The molecule has 0 unspecified atom stereocenters. The number of nitriles is 2. The van der Waals surface area contributed by atoms with Crippen LogP contribution in [0.1, 0.15) is 20.8 Å². The Kier molecular flexibility index (Phi) is 5.63. The Morgan fingerprint density at radius 3 is 2.59 bits per heavy atom. The van der Waals surface area contributed by atoms with E-state index in [1.165, 1.54) is 0 Å². The van der Waals surface area contributed by atoms with E-state index in [1.54, 1.807) is 20.8 Å². The Labute approximate surface area is 173 Å². The van der Waals surface area contributed by atoms with Crippen LogP contribution in [0.3, 0.4) is 0 Å². The lowest BCUT2D eigenvalue weighted by Crippen LogP contribution is -2.45. The minimum absolute atomic E-state index is 0.245. The maximum absolute atomic E-state index is 12.8. The second-order valence-electron chi connectivity index (χ2n) is 7.37. The number of carbonyl (C=O) groups is 2. The van der Waals surface area contributed by atoms with E-state index in [9.17, 15) is 20.1 Å². The van der Waals surface area contributed by atoms with Crippen LogP contribution in [-0.2, 0) is 9.59 Å². The zero-order valence-corrected chi connectivity index (χ0v) is 17.1. The summed E-state index contributed by atoms with van der Waals surface area (Å²) in [5, 5.41) is 26.2. The van der Waals surface area contributed by atoms with Gasteiger partial charge in [-0.15, -0.1) is 0 Å². The summed E-state index contributed by atoms with van der Waals surface area (Å²) in [7, 11) is 0. The van der Waals surface area contributed by atoms with E-state index in [-0.39, 0.29) is 5.91 Å². The van der Waals surface area contributed by atoms with Gasteiger partial charge < -0.3 is 10.6 Å². The summed E-state index contributed by atoms with van der Waals surface area (Å²) in [4.78, 5) is 25.1. The second-order valence-corrected chi connectivity index (χ2v) is 8.72. The Hall–Kier alpha value is -3.29. The molecular weight excluding hydrogens is 384 g/mol. The quantitative estimate of drug-likeness (QED) is 0.803. The van der Waals surface area contributed by atoms with Gasteiger partial charge in [0.1, 0.15) is 5.92 Å². The molecule has 2 aromatic rings. The molecular formula is C22H20N4O2S. The van der Waals surface area contributed by atoms with Crippen molar-refractivity contribution in [3.05, 3.63) is 53.1 Å². The first kappa shape index (κ1) is 20.4. The molecule has 7 heteroatoms. The van der Waals surface area contributed by atoms with Crippen molar-refractivity contribution >= 4 is 40.0 Å². The Bertz CT molecular complexity index is 1100. The van der Waals surface area contributed by atoms with Crippen LogP contribution in [0.15, 0.2) is 53.1 Å². The van der Waals surface area contributed by atoms with Crippen LogP contribution in [0, 0.1) is 34.0 Å². The summed E-state index contributed by atoms with van der Waals surface area (Å²) >= 11 is 1.11. The van der Waals surface area contributed by atoms with Crippen LogP contribution in [0.25, 0.3) is 10.8 Å². The lowest BCUT2D eigenvalue weighted by Gasteiger charge is -2.35. The highest BCUT2D eigenvalue weighted by Crippen LogP contribution is 2.42. The third kappa shape index (κ3) is 3.83. The normalized spacial score (nSPS) is 19.1. The monoisotopic (exact) mass is 404 g/mol. The van der Waals surface area contributed by atoms with Gasteiger partial charge in [-0.2, -0.15) is 10.5 Å². The van der Waals surface area contributed by atoms with Crippen LogP contribution in [0.5, 0.6) is 0 Å². The van der Waals surface area contributed by atoms with E-state index in [2.05, 4.69) is 16.7 Å². The number of nitrogens with one attached hydrogen (secondary N) is 2. The van der Waals surface area contributed by atoms with Crippen molar-refractivity contribution < 1.29 is 9.59 Å². The molecule has 0 saturated carbocycles. The third-order valence-corrected chi connectivity index (χ3v) is 6.15. The zero-order chi connectivity index (χ0) is 21.2. The fourth-order valence-corrected chi connectivity index (χ4v) is 4.42. The maximum Gasteiger partial charge on any atom is 0.243 e. The number of nitrogens with zero attached hydrogens (tertiary/aromatic N) is 2. The Morgan fingerprint density at radius 2 is 1.90 bits per heavy atom. The zero-order valence-electron chi connectivity index (χ0n) is 16.3. The van der Waals surface area contributed by atoms with Crippen LogP contribution >= 0.6 is 11.8 Å². The van der Waals surface area contributed by atoms with E-state index in [0.717, 1.165) is 22.5 Å². The van der Waals surface area contributed by atoms with E-state index in [1.807, 2.05) is 48.5 Å². The van der Waals surface area contributed by atoms with Gasteiger partial charge in [0.05, 0.1) is 28.0 Å². The molecule has 1 aliphatic heterocycles. The van der Waals surface area contributed by atoms with Crippen molar-refractivity contribution in [2.24, 2.45) is 11.3 Å². The second kappa shape index (κ2) is 7.98. The summed E-state index contributed by atoms with van der Waals surface area (Å²) in [6.07, 6.45) is 0. The summed E-state index contributed by atoms with van der Waals surface area (Å²) in [5.74, 6) is -1.66. The van der Waals surface area contributed by atoms with Crippen molar-refractivity contribution in [3.8, 4) is 12.1 Å². The van der Waals surface area contributed by atoms with Crippen LogP contribution in [0.4, 0.5) is 5.69 Å². The van der Waals surface area contributed by atoms with Crippen molar-refractivity contribution in [2.75, 3.05) is 5.32 Å². The van der Waals surface area contributed by atoms with E-state index in [4.69, 9.17) is 0 Å². The molecule has 0 saturated heterocycles. The van der Waals surface area contributed by atoms with Crippen LogP contribution in [0.2, 0.25) is 0 Å². The van der Waals surface area contributed by atoms with Gasteiger partial charge in [-0.05, 0) is 18.4 Å². The largest absolute Gasteiger partial charge is 0.325 e. The third-order valence-electron chi connectivity index (χ3n) is 5.04. The molecule has 2 amide bonds. The molecule has 2 aromatic carbocycles. The molecule has 0 aliphatic carbocycles. The molecule has 2 N–H and O–H groups in total. The van der Waals surface area contributed by atoms with Gasteiger partial charge in [-0.3, -0.25) is 9.59 Å². The molecule has 1 heterocycles. The number of fused-ring (bicyclic) bond motifs is 1. The molecule has 3 rings (SSSR count). The highest BCUT2D eigenvalue weighted by molar-refractivity contribution is 8.04. The molecule has 0 aromatic heterocycles. The number of rotatable bonds is 4. The number of anilines is 1. The Morgan fingerprint density at radius 1 is 1.21 bits per heavy atom. The van der Waals surface area contributed by atoms with Gasteiger partial charge in [0.2, 0.25) is 11.8 Å². The van der Waals surface area contributed by atoms with E-state index >= 15 is 0 Å². The van der Waals surface area contributed by atoms with Crippen molar-refractivity contribution in [1.29, 1.82) is 10.5 Å². The van der Waals surface area contributed by atoms with Crippen molar-refractivity contribution in [2.45, 2.75) is 26.0 Å². The summed E-state index contributed by atoms with van der Waals surface area (Å²) < 4.78 is 0. The predicted molar refractivity (Wildman–Crippen MR) is 113 cm³/mol. The minimum atomic E-state index is -0.957. The smallest absolute Gasteiger partial charge is 0.243 e. The van der Waals surface area contributed by atoms with Crippen LogP contribution < -0.4 is 10.6 Å².